The predicted molar refractivity (Wildman–Crippen MR) is 120 cm³/mol. The molecule has 26 heavy (non-hydrogen) atoms. The standard InChI is InChI=1S/C18H31N3O3S.HI/c1-15-7-9-17(10-8-15)24-13-6-5-12-20-18(19-3)21-16(2)11-14-25(4,22)23;/h7-10,16H,5-6,11-14H2,1-4H3,(H2,19,20,21);1H. The number of unbranched alkanes of at least 4 members (excludes halogenated alkanes) is 1. The predicted octanol–water partition coefficient (Wildman–Crippen LogP) is 2.76. The van der Waals surface area contributed by atoms with Crippen LogP contribution in [0.1, 0.15) is 31.7 Å². The first-order valence-electron chi connectivity index (χ1n) is 8.64. The van der Waals surface area contributed by atoms with Gasteiger partial charge in [-0.2, -0.15) is 0 Å². The Labute approximate surface area is 175 Å². The van der Waals surface area contributed by atoms with Crippen molar-refractivity contribution >= 4 is 39.8 Å². The number of halogens is 1. The van der Waals surface area contributed by atoms with Crippen molar-refractivity contribution in [2.75, 3.05) is 32.2 Å². The summed E-state index contributed by atoms with van der Waals surface area (Å²) in [5.41, 5.74) is 1.22. The van der Waals surface area contributed by atoms with Gasteiger partial charge in [0, 0.05) is 25.9 Å². The number of rotatable bonds is 10. The summed E-state index contributed by atoms with van der Waals surface area (Å²) in [6, 6.07) is 8.09. The highest BCUT2D eigenvalue weighted by molar-refractivity contribution is 14.0. The van der Waals surface area contributed by atoms with Gasteiger partial charge >= 0.3 is 0 Å². The number of hydrogen-bond acceptors (Lipinski definition) is 4. The molecule has 0 aliphatic heterocycles. The average molecular weight is 497 g/mol. The Bertz CT molecular complexity index is 634. The van der Waals surface area contributed by atoms with E-state index in [0.29, 0.717) is 19.0 Å². The molecule has 0 aliphatic carbocycles. The molecule has 1 aromatic rings. The van der Waals surface area contributed by atoms with Crippen LogP contribution in [0.3, 0.4) is 0 Å². The number of aryl methyl sites for hydroxylation is 1. The van der Waals surface area contributed by atoms with Crippen LogP contribution in [0.5, 0.6) is 5.75 Å². The van der Waals surface area contributed by atoms with Crippen molar-refractivity contribution in [3.05, 3.63) is 29.8 Å². The van der Waals surface area contributed by atoms with Gasteiger partial charge < -0.3 is 15.4 Å². The van der Waals surface area contributed by atoms with E-state index >= 15 is 0 Å². The highest BCUT2D eigenvalue weighted by Crippen LogP contribution is 2.11. The molecule has 0 radical (unpaired) electrons. The van der Waals surface area contributed by atoms with E-state index in [9.17, 15) is 8.42 Å². The van der Waals surface area contributed by atoms with Crippen molar-refractivity contribution in [2.24, 2.45) is 4.99 Å². The van der Waals surface area contributed by atoms with Crippen molar-refractivity contribution in [1.82, 2.24) is 10.6 Å². The molecule has 0 heterocycles. The summed E-state index contributed by atoms with van der Waals surface area (Å²) in [7, 11) is -1.22. The average Bonchev–Trinajstić information content (AvgIpc) is 2.56. The molecule has 0 saturated carbocycles. The lowest BCUT2D eigenvalue weighted by Crippen LogP contribution is -2.43. The second-order valence-electron chi connectivity index (χ2n) is 6.33. The van der Waals surface area contributed by atoms with Crippen LogP contribution in [0.4, 0.5) is 0 Å². The van der Waals surface area contributed by atoms with Crippen LogP contribution in [0, 0.1) is 6.92 Å². The Morgan fingerprint density at radius 2 is 1.88 bits per heavy atom. The van der Waals surface area contributed by atoms with E-state index in [1.54, 1.807) is 7.05 Å². The van der Waals surface area contributed by atoms with Gasteiger partial charge in [0.05, 0.1) is 12.4 Å². The fourth-order valence-electron chi connectivity index (χ4n) is 2.15. The fraction of sp³-hybridized carbons (Fsp3) is 0.611. The van der Waals surface area contributed by atoms with E-state index in [2.05, 4.69) is 22.5 Å². The molecule has 0 fully saturated rings. The van der Waals surface area contributed by atoms with Gasteiger partial charge in [-0.25, -0.2) is 8.42 Å². The Morgan fingerprint density at radius 3 is 2.46 bits per heavy atom. The van der Waals surface area contributed by atoms with E-state index in [1.807, 2.05) is 31.2 Å². The van der Waals surface area contributed by atoms with Crippen LogP contribution in [-0.4, -0.2) is 52.6 Å². The first-order valence-corrected chi connectivity index (χ1v) is 10.7. The smallest absolute Gasteiger partial charge is 0.191 e. The SMILES string of the molecule is CN=C(NCCCCOc1ccc(C)cc1)NC(C)CCS(C)(=O)=O.I. The lowest BCUT2D eigenvalue weighted by Gasteiger charge is -2.17. The number of ether oxygens (including phenoxy) is 1. The minimum Gasteiger partial charge on any atom is -0.494 e. The normalized spacial score (nSPS) is 12.8. The zero-order valence-electron chi connectivity index (χ0n) is 16.1. The van der Waals surface area contributed by atoms with Gasteiger partial charge in [0.15, 0.2) is 5.96 Å². The Balaban J connectivity index is 0.00000625. The molecule has 1 aromatic carbocycles. The largest absolute Gasteiger partial charge is 0.494 e. The maximum absolute atomic E-state index is 11.2. The molecular formula is C18H32IN3O3S. The van der Waals surface area contributed by atoms with Crippen LogP contribution < -0.4 is 15.4 Å². The van der Waals surface area contributed by atoms with Crippen LogP contribution in [0.2, 0.25) is 0 Å². The Morgan fingerprint density at radius 1 is 1.23 bits per heavy atom. The third kappa shape index (κ3) is 12.3. The maximum Gasteiger partial charge on any atom is 0.191 e. The van der Waals surface area contributed by atoms with E-state index in [4.69, 9.17) is 4.74 Å². The molecule has 0 amide bonds. The molecule has 0 aliphatic rings. The lowest BCUT2D eigenvalue weighted by molar-refractivity contribution is 0.307. The van der Waals surface area contributed by atoms with Gasteiger partial charge in [0.1, 0.15) is 15.6 Å². The third-order valence-electron chi connectivity index (χ3n) is 3.68. The molecule has 8 heteroatoms. The molecule has 2 N–H and O–H groups in total. The number of hydrogen-bond donors (Lipinski definition) is 2. The van der Waals surface area contributed by atoms with E-state index < -0.39 is 9.84 Å². The summed E-state index contributed by atoms with van der Waals surface area (Å²) in [6.45, 7) is 5.48. The first kappa shape index (κ1) is 25.0. The maximum atomic E-state index is 11.2. The van der Waals surface area contributed by atoms with E-state index in [-0.39, 0.29) is 35.8 Å². The molecule has 1 unspecified atom stereocenters. The van der Waals surface area contributed by atoms with Crippen molar-refractivity contribution in [2.45, 2.75) is 39.2 Å². The summed E-state index contributed by atoms with van der Waals surface area (Å²) in [5.74, 6) is 1.77. The topological polar surface area (TPSA) is 79.8 Å². The lowest BCUT2D eigenvalue weighted by atomic mass is 10.2. The Kier molecular flexibility index (Phi) is 12.7. The van der Waals surface area contributed by atoms with E-state index in [1.165, 1.54) is 11.8 Å². The monoisotopic (exact) mass is 497 g/mol. The van der Waals surface area contributed by atoms with Crippen LogP contribution in [-0.2, 0) is 9.84 Å². The molecular weight excluding hydrogens is 465 g/mol. The number of benzene rings is 1. The quantitative estimate of drug-likeness (QED) is 0.225. The van der Waals surface area contributed by atoms with Crippen LogP contribution in [0.25, 0.3) is 0 Å². The van der Waals surface area contributed by atoms with Gasteiger partial charge in [-0.05, 0) is 45.2 Å². The third-order valence-corrected chi connectivity index (χ3v) is 4.66. The molecule has 0 aromatic heterocycles. The van der Waals surface area contributed by atoms with Gasteiger partial charge in [-0.3, -0.25) is 4.99 Å². The summed E-state index contributed by atoms with van der Waals surface area (Å²) in [6.07, 6.45) is 3.72. The molecule has 6 nitrogen and oxygen atoms in total. The Hall–Kier alpha value is -1.03. The van der Waals surface area contributed by atoms with Gasteiger partial charge in [0.2, 0.25) is 0 Å². The summed E-state index contributed by atoms with van der Waals surface area (Å²) >= 11 is 0. The molecule has 150 valence electrons. The number of nitrogens with zero attached hydrogens (tertiary/aromatic N) is 1. The fourth-order valence-corrected chi connectivity index (χ4v) is 2.93. The second-order valence-corrected chi connectivity index (χ2v) is 8.59. The highest BCUT2D eigenvalue weighted by Gasteiger charge is 2.09. The minimum absolute atomic E-state index is 0. The van der Waals surface area contributed by atoms with Crippen molar-refractivity contribution in [3.8, 4) is 5.75 Å². The molecule has 0 saturated heterocycles. The van der Waals surface area contributed by atoms with Crippen molar-refractivity contribution < 1.29 is 13.2 Å². The molecule has 0 bridgehead atoms. The van der Waals surface area contributed by atoms with E-state index in [0.717, 1.165) is 25.1 Å². The summed E-state index contributed by atoms with van der Waals surface area (Å²) in [5, 5.41) is 6.44. The first-order chi connectivity index (χ1) is 11.8. The van der Waals surface area contributed by atoms with Crippen molar-refractivity contribution in [3.63, 3.8) is 0 Å². The molecule has 1 rings (SSSR count). The second kappa shape index (κ2) is 13.2. The number of nitrogens with one attached hydrogen (secondary N) is 2. The molecule has 1 atom stereocenters. The molecule has 0 spiro atoms. The van der Waals surface area contributed by atoms with Gasteiger partial charge in [0.25, 0.3) is 0 Å². The minimum atomic E-state index is -2.93. The summed E-state index contributed by atoms with van der Waals surface area (Å²) in [4.78, 5) is 4.16. The van der Waals surface area contributed by atoms with Crippen LogP contribution in [0.15, 0.2) is 29.3 Å². The van der Waals surface area contributed by atoms with Gasteiger partial charge in [-0.1, -0.05) is 17.7 Å². The number of aliphatic imine (C=N–C) groups is 1. The number of guanidine groups is 1. The zero-order chi connectivity index (χ0) is 18.7. The van der Waals surface area contributed by atoms with Crippen LogP contribution >= 0.6 is 24.0 Å². The van der Waals surface area contributed by atoms with Gasteiger partial charge in [-0.15, -0.1) is 24.0 Å². The summed E-state index contributed by atoms with van der Waals surface area (Å²) < 4.78 is 28.1. The zero-order valence-corrected chi connectivity index (χ0v) is 19.3. The number of sulfone groups is 1. The van der Waals surface area contributed by atoms with Crippen molar-refractivity contribution in [1.29, 1.82) is 0 Å². The highest BCUT2D eigenvalue weighted by atomic mass is 127.